The maximum atomic E-state index is 13.0. The molecule has 1 atom stereocenters. The van der Waals surface area contributed by atoms with Gasteiger partial charge in [-0.3, -0.25) is 4.79 Å². The number of hydrogen-bond donors (Lipinski definition) is 3. The van der Waals surface area contributed by atoms with E-state index in [2.05, 4.69) is 16.0 Å². The lowest BCUT2D eigenvalue weighted by atomic mass is 9.98. The van der Waals surface area contributed by atoms with Crippen molar-refractivity contribution in [2.24, 2.45) is 0 Å². The molecule has 1 saturated heterocycles. The van der Waals surface area contributed by atoms with Crippen LogP contribution < -0.4 is 25.4 Å². The average molecular weight is 399 g/mol. The quantitative estimate of drug-likeness (QED) is 0.444. The lowest BCUT2D eigenvalue weighted by Crippen LogP contribution is -2.62. The molecule has 0 spiro atoms. The number of anilines is 1. The second kappa shape index (κ2) is 10.1. The minimum atomic E-state index is -0.589. The van der Waals surface area contributed by atoms with Crippen LogP contribution >= 0.6 is 0 Å². The number of para-hydroxylation sites is 1. The van der Waals surface area contributed by atoms with Crippen LogP contribution in [-0.4, -0.2) is 52.1 Å². The van der Waals surface area contributed by atoms with E-state index in [4.69, 9.17) is 14.2 Å². The lowest BCUT2D eigenvalue weighted by Gasteiger charge is -2.40. The molecule has 0 bridgehead atoms. The van der Waals surface area contributed by atoms with E-state index in [1.807, 2.05) is 36.4 Å². The third-order valence-corrected chi connectivity index (χ3v) is 4.88. The van der Waals surface area contributed by atoms with Crippen molar-refractivity contribution in [3.8, 4) is 11.5 Å². The summed E-state index contributed by atoms with van der Waals surface area (Å²) in [5.74, 6) is 1.17. The minimum absolute atomic E-state index is 0.168. The molecule has 0 saturated carbocycles. The van der Waals surface area contributed by atoms with Crippen molar-refractivity contribution in [2.45, 2.75) is 18.5 Å². The van der Waals surface area contributed by atoms with Crippen LogP contribution in [0.1, 0.15) is 23.2 Å². The van der Waals surface area contributed by atoms with Crippen molar-refractivity contribution >= 4 is 11.6 Å². The van der Waals surface area contributed by atoms with Gasteiger partial charge in [-0.1, -0.05) is 12.1 Å². The number of carbonyl (C=O) groups excluding carboxylic acids is 1. The number of amides is 1. The first-order valence-corrected chi connectivity index (χ1v) is 9.82. The van der Waals surface area contributed by atoms with Gasteiger partial charge in [0.1, 0.15) is 23.8 Å². The van der Waals surface area contributed by atoms with Crippen molar-refractivity contribution in [3.05, 3.63) is 54.1 Å². The Bertz CT molecular complexity index is 789. The van der Waals surface area contributed by atoms with Crippen LogP contribution in [0.5, 0.6) is 11.5 Å². The molecule has 156 valence electrons. The molecule has 1 amide bonds. The molecule has 7 heteroatoms. The Labute approximate surface area is 171 Å². The molecule has 0 radical (unpaired) electrons. The zero-order valence-electron chi connectivity index (χ0n) is 17.0. The van der Waals surface area contributed by atoms with Gasteiger partial charge in [0.05, 0.1) is 19.3 Å². The molecule has 2 aromatic carbocycles. The summed E-state index contributed by atoms with van der Waals surface area (Å²) in [7, 11) is 3.21. The number of carbonyl (C=O) groups is 1. The summed E-state index contributed by atoms with van der Waals surface area (Å²) in [4.78, 5) is 13.0. The topological polar surface area (TPSA) is 80.9 Å². The van der Waals surface area contributed by atoms with Gasteiger partial charge < -0.3 is 30.2 Å². The number of nitrogens with one attached hydrogen (secondary N) is 3. The van der Waals surface area contributed by atoms with Gasteiger partial charge in [0.25, 0.3) is 5.91 Å². The van der Waals surface area contributed by atoms with E-state index in [0.717, 1.165) is 30.8 Å². The van der Waals surface area contributed by atoms with Crippen molar-refractivity contribution in [1.82, 2.24) is 10.6 Å². The Kier molecular flexibility index (Phi) is 7.32. The number of ether oxygens (including phenoxy) is 3. The summed E-state index contributed by atoms with van der Waals surface area (Å²) in [5.41, 5.74) is 0.839. The van der Waals surface area contributed by atoms with Gasteiger partial charge in [0.2, 0.25) is 0 Å². The van der Waals surface area contributed by atoms with Crippen LogP contribution in [0.15, 0.2) is 48.5 Å². The van der Waals surface area contributed by atoms with Gasteiger partial charge >= 0.3 is 0 Å². The summed E-state index contributed by atoms with van der Waals surface area (Å²) < 4.78 is 16.0. The second-order valence-electron chi connectivity index (χ2n) is 7.01. The van der Waals surface area contributed by atoms with E-state index >= 15 is 0 Å². The van der Waals surface area contributed by atoms with Crippen LogP contribution in [0.25, 0.3) is 0 Å². The molecule has 3 rings (SSSR count). The molecule has 1 aliphatic heterocycles. The summed E-state index contributed by atoms with van der Waals surface area (Å²) >= 11 is 0. The molecule has 29 heavy (non-hydrogen) atoms. The van der Waals surface area contributed by atoms with E-state index in [-0.39, 0.29) is 5.91 Å². The normalized spacial score (nSPS) is 18.7. The first-order valence-electron chi connectivity index (χ1n) is 9.82. The maximum absolute atomic E-state index is 13.0. The van der Waals surface area contributed by atoms with E-state index < -0.39 is 5.66 Å². The predicted octanol–water partition coefficient (Wildman–Crippen LogP) is 2.64. The van der Waals surface area contributed by atoms with Crippen LogP contribution in [0.2, 0.25) is 0 Å². The predicted molar refractivity (Wildman–Crippen MR) is 113 cm³/mol. The number of rotatable bonds is 9. The van der Waals surface area contributed by atoms with Crippen LogP contribution in [0.3, 0.4) is 0 Å². The summed E-state index contributed by atoms with van der Waals surface area (Å²) in [5, 5.41) is 10.1. The fourth-order valence-corrected chi connectivity index (χ4v) is 3.42. The SMILES string of the molecule is COCCOc1ccc(N[C@@]2(NC(=O)c3ccccc3OC)CCCNC2)cc1. The molecular weight excluding hydrogens is 370 g/mol. The molecule has 3 N–H and O–H groups in total. The standard InChI is InChI=1S/C22H29N3O4/c1-27-14-15-29-18-10-8-17(9-11-18)24-22(12-5-13-23-16-22)25-21(26)19-6-3-4-7-20(19)28-2/h3-4,6-11,23-24H,5,12-16H2,1-2H3,(H,25,26)/t22-/m1/s1. The highest BCUT2D eigenvalue weighted by Crippen LogP contribution is 2.24. The summed E-state index contributed by atoms with van der Waals surface area (Å²) in [6.45, 7) is 2.61. The Morgan fingerprint density at radius 3 is 2.59 bits per heavy atom. The monoisotopic (exact) mass is 399 g/mol. The highest BCUT2D eigenvalue weighted by molar-refractivity contribution is 5.97. The summed E-state index contributed by atoms with van der Waals surface area (Å²) in [6.07, 6.45) is 1.77. The fourth-order valence-electron chi connectivity index (χ4n) is 3.42. The lowest BCUT2D eigenvalue weighted by molar-refractivity contribution is 0.0892. The Morgan fingerprint density at radius 1 is 1.10 bits per heavy atom. The van der Waals surface area contributed by atoms with Gasteiger partial charge in [0, 0.05) is 19.3 Å². The molecule has 7 nitrogen and oxygen atoms in total. The minimum Gasteiger partial charge on any atom is -0.496 e. The Morgan fingerprint density at radius 2 is 1.90 bits per heavy atom. The molecule has 2 aromatic rings. The first-order chi connectivity index (χ1) is 14.2. The zero-order valence-corrected chi connectivity index (χ0v) is 17.0. The number of methoxy groups -OCH3 is 2. The van der Waals surface area contributed by atoms with Crippen molar-refractivity contribution in [3.63, 3.8) is 0 Å². The second-order valence-corrected chi connectivity index (χ2v) is 7.01. The van der Waals surface area contributed by atoms with Crippen LogP contribution in [-0.2, 0) is 4.74 Å². The van der Waals surface area contributed by atoms with Gasteiger partial charge in [-0.25, -0.2) is 0 Å². The maximum Gasteiger partial charge on any atom is 0.256 e. The van der Waals surface area contributed by atoms with E-state index in [9.17, 15) is 4.79 Å². The molecule has 0 aliphatic carbocycles. The molecule has 0 aromatic heterocycles. The number of piperidine rings is 1. The van der Waals surface area contributed by atoms with Gasteiger partial charge in [-0.2, -0.15) is 0 Å². The number of hydrogen-bond acceptors (Lipinski definition) is 6. The van der Waals surface area contributed by atoms with Crippen LogP contribution in [0, 0.1) is 0 Å². The summed E-state index contributed by atoms with van der Waals surface area (Å²) in [6, 6.07) is 15.0. The fraction of sp³-hybridized carbons (Fsp3) is 0.409. The Balaban J connectivity index is 1.72. The third-order valence-electron chi connectivity index (χ3n) is 4.88. The van der Waals surface area contributed by atoms with E-state index in [0.29, 0.717) is 31.1 Å². The van der Waals surface area contributed by atoms with Crippen molar-refractivity contribution in [2.75, 3.05) is 45.8 Å². The smallest absolute Gasteiger partial charge is 0.256 e. The average Bonchev–Trinajstić information content (AvgIpc) is 2.75. The van der Waals surface area contributed by atoms with Crippen molar-refractivity contribution < 1.29 is 19.0 Å². The largest absolute Gasteiger partial charge is 0.496 e. The highest BCUT2D eigenvalue weighted by atomic mass is 16.5. The highest BCUT2D eigenvalue weighted by Gasteiger charge is 2.34. The van der Waals surface area contributed by atoms with Gasteiger partial charge in [0.15, 0.2) is 0 Å². The molecule has 1 fully saturated rings. The van der Waals surface area contributed by atoms with E-state index in [1.165, 1.54) is 0 Å². The van der Waals surface area contributed by atoms with Crippen LogP contribution in [0.4, 0.5) is 5.69 Å². The number of benzene rings is 2. The Hall–Kier alpha value is -2.77. The molecule has 1 aliphatic rings. The van der Waals surface area contributed by atoms with E-state index in [1.54, 1.807) is 26.4 Å². The van der Waals surface area contributed by atoms with Crippen molar-refractivity contribution in [1.29, 1.82) is 0 Å². The third kappa shape index (κ3) is 5.62. The zero-order chi connectivity index (χ0) is 20.5. The first kappa shape index (κ1) is 21.0. The molecule has 0 unspecified atom stereocenters. The van der Waals surface area contributed by atoms with Gasteiger partial charge in [-0.15, -0.1) is 0 Å². The molecule has 1 heterocycles. The van der Waals surface area contributed by atoms with Gasteiger partial charge in [-0.05, 0) is 55.8 Å². The molecular formula is C22H29N3O4.